The number of halogens is 1. The van der Waals surface area contributed by atoms with E-state index in [0.717, 1.165) is 15.6 Å². The predicted octanol–water partition coefficient (Wildman–Crippen LogP) is 3.02. The Balaban J connectivity index is 2.14. The molecule has 1 heterocycles. The van der Waals surface area contributed by atoms with E-state index in [4.69, 9.17) is 4.52 Å². The van der Waals surface area contributed by atoms with Gasteiger partial charge in [0.2, 0.25) is 5.76 Å². The Morgan fingerprint density at radius 2 is 2.17 bits per heavy atom. The van der Waals surface area contributed by atoms with Crippen LogP contribution in [0.25, 0.3) is 0 Å². The monoisotopic (exact) mass is 308 g/mol. The highest BCUT2D eigenvalue weighted by Gasteiger charge is 2.19. The third-order valence-electron chi connectivity index (χ3n) is 2.65. The van der Waals surface area contributed by atoms with E-state index in [1.807, 2.05) is 24.3 Å². The maximum Gasteiger partial charge on any atom is 0.292 e. The molecule has 0 radical (unpaired) electrons. The molecule has 0 aliphatic heterocycles. The predicted molar refractivity (Wildman–Crippen MR) is 71.2 cm³/mol. The molecule has 0 unspecified atom stereocenters. The lowest BCUT2D eigenvalue weighted by molar-refractivity contribution is 0.0742. The number of amides is 1. The van der Waals surface area contributed by atoms with Crippen molar-refractivity contribution in [1.29, 1.82) is 0 Å². The Hall–Kier alpha value is -1.62. The SMILES string of the molecule is Cc1cnoc1C(=O)N(C)Cc1ccccc1Br. The zero-order valence-electron chi connectivity index (χ0n) is 10.2. The molecule has 0 saturated carbocycles. The molecule has 1 aromatic carbocycles. The Kier molecular flexibility index (Phi) is 3.81. The van der Waals surface area contributed by atoms with Crippen LogP contribution in [-0.2, 0) is 6.54 Å². The number of carbonyl (C=O) groups is 1. The summed E-state index contributed by atoms with van der Waals surface area (Å²) in [6.07, 6.45) is 1.54. The van der Waals surface area contributed by atoms with Crippen molar-refractivity contribution in [2.75, 3.05) is 7.05 Å². The summed E-state index contributed by atoms with van der Waals surface area (Å²) in [6, 6.07) is 7.81. The van der Waals surface area contributed by atoms with Gasteiger partial charge in [0.05, 0.1) is 6.20 Å². The van der Waals surface area contributed by atoms with Crippen LogP contribution >= 0.6 is 15.9 Å². The van der Waals surface area contributed by atoms with E-state index < -0.39 is 0 Å². The molecule has 94 valence electrons. The van der Waals surface area contributed by atoms with Gasteiger partial charge in [-0.3, -0.25) is 4.79 Å². The van der Waals surface area contributed by atoms with Gasteiger partial charge < -0.3 is 9.42 Å². The van der Waals surface area contributed by atoms with Gasteiger partial charge in [-0.15, -0.1) is 0 Å². The fraction of sp³-hybridized carbons (Fsp3) is 0.231. The number of aryl methyl sites for hydroxylation is 1. The lowest BCUT2D eigenvalue weighted by Crippen LogP contribution is -2.26. The third-order valence-corrected chi connectivity index (χ3v) is 3.43. The van der Waals surface area contributed by atoms with Crippen molar-refractivity contribution in [1.82, 2.24) is 10.1 Å². The Bertz CT molecular complexity index is 566. The van der Waals surface area contributed by atoms with E-state index in [2.05, 4.69) is 21.1 Å². The average Bonchev–Trinajstić information content (AvgIpc) is 2.77. The number of benzene rings is 1. The molecule has 5 heteroatoms. The van der Waals surface area contributed by atoms with Crippen LogP contribution in [0.5, 0.6) is 0 Å². The zero-order chi connectivity index (χ0) is 13.1. The summed E-state index contributed by atoms with van der Waals surface area (Å²) in [5, 5.41) is 3.62. The molecule has 0 saturated heterocycles. The first kappa shape index (κ1) is 12.8. The molecule has 1 aromatic heterocycles. The van der Waals surface area contributed by atoms with E-state index in [9.17, 15) is 4.79 Å². The van der Waals surface area contributed by atoms with E-state index in [-0.39, 0.29) is 5.91 Å². The Labute approximate surface area is 114 Å². The molecule has 0 N–H and O–H groups in total. The first-order valence-corrected chi connectivity index (χ1v) is 6.29. The fourth-order valence-electron chi connectivity index (χ4n) is 1.62. The molecule has 0 bridgehead atoms. The van der Waals surface area contributed by atoms with Crippen LogP contribution in [0, 0.1) is 6.92 Å². The molecule has 18 heavy (non-hydrogen) atoms. The van der Waals surface area contributed by atoms with Gasteiger partial charge >= 0.3 is 0 Å². The normalized spacial score (nSPS) is 10.4. The number of hydrogen-bond donors (Lipinski definition) is 0. The number of rotatable bonds is 3. The van der Waals surface area contributed by atoms with Gasteiger partial charge in [-0.05, 0) is 18.6 Å². The van der Waals surface area contributed by atoms with Gasteiger partial charge in [0.1, 0.15) is 0 Å². The first-order chi connectivity index (χ1) is 8.59. The number of aromatic nitrogens is 1. The maximum atomic E-state index is 12.1. The van der Waals surface area contributed by atoms with Crippen molar-refractivity contribution in [2.45, 2.75) is 13.5 Å². The topological polar surface area (TPSA) is 46.3 Å². The molecule has 2 rings (SSSR count). The van der Waals surface area contributed by atoms with Crippen molar-refractivity contribution in [3.63, 3.8) is 0 Å². The highest BCUT2D eigenvalue weighted by atomic mass is 79.9. The van der Waals surface area contributed by atoms with Crippen molar-refractivity contribution in [2.24, 2.45) is 0 Å². The van der Waals surface area contributed by atoms with Crippen LogP contribution in [0.2, 0.25) is 0 Å². The second-order valence-electron chi connectivity index (χ2n) is 4.09. The molecular formula is C13H13BrN2O2. The molecule has 0 aliphatic rings. The van der Waals surface area contributed by atoms with Gasteiger partial charge in [0, 0.05) is 23.6 Å². The van der Waals surface area contributed by atoms with Gasteiger partial charge in [-0.1, -0.05) is 39.3 Å². The van der Waals surface area contributed by atoms with Crippen LogP contribution in [0.4, 0.5) is 0 Å². The molecule has 0 spiro atoms. The third kappa shape index (κ3) is 2.61. The Morgan fingerprint density at radius 3 is 2.78 bits per heavy atom. The second kappa shape index (κ2) is 5.35. The molecule has 4 nitrogen and oxygen atoms in total. The number of carbonyl (C=O) groups excluding carboxylic acids is 1. The summed E-state index contributed by atoms with van der Waals surface area (Å²) in [6.45, 7) is 2.32. The highest BCUT2D eigenvalue weighted by molar-refractivity contribution is 9.10. The van der Waals surface area contributed by atoms with Crippen molar-refractivity contribution in [3.05, 3.63) is 51.8 Å². The minimum atomic E-state index is -0.166. The van der Waals surface area contributed by atoms with Gasteiger partial charge in [0.25, 0.3) is 5.91 Å². The quantitative estimate of drug-likeness (QED) is 0.875. The van der Waals surface area contributed by atoms with Crippen LogP contribution in [0.3, 0.4) is 0 Å². The standard InChI is InChI=1S/C13H13BrN2O2/c1-9-7-15-18-12(9)13(17)16(2)8-10-5-3-4-6-11(10)14/h3-7H,8H2,1-2H3. The first-order valence-electron chi connectivity index (χ1n) is 5.49. The summed E-state index contributed by atoms with van der Waals surface area (Å²) in [7, 11) is 1.74. The van der Waals surface area contributed by atoms with Crippen molar-refractivity contribution in [3.8, 4) is 0 Å². The average molecular weight is 309 g/mol. The molecular weight excluding hydrogens is 296 g/mol. The number of nitrogens with zero attached hydrogens (tertiary/aromatic N) is 2. The smallest absolute Gasteiger partial charge is 0.292 e. The fourth-order valence-corrected chi connectivity index (χ4v) is 2.03. The van der Waals surface area contributed by atoms with E-state index in [1.165, 1.54) is 0 Å². The van der Waals surface area contributed by atoms with E-state index in [1.54, 1.807) is 25.1 Å². The summed E-state index contributed by atoms with van der Waals surface area (Å²) < 4.78 is 5.95. The number of hydrogen-bond acceptors (Lipinski definition) is 3. The van der Waals surface area contributed by atoms with Crippen LogP contribution in [-0.4, -0.2) is 23.0 Å². The summed E-state index contributed by atoms with van der Waals surface area (Å²) in [5.41, 5.74) is 1.80. The van der Waals surface area contributed by atoms with Crippen LogP contribution < -0.4 is 0 Å². The molecule has 2 aromatic rings. The summed E-state index contributed by atoms with van der Waals surface area (Å²) in [4.78, 5) is 13.7. The van der Waals surface area contributed by atoms with Crippen LogP contribution in [0.1, 0.15) is 21.7 Å². The van der Waals surface area contributed by atoms with Crippen molar-refractivity contribution >= 4 is 21.8 Å². The highest BCUT2D eigenvalue weighted by Crippen LogP contribution is 2.18. The van der Waals surface area contributed by atoms with Gasteiger partial charge in [-0.25, -0.2) is 0 Å². The molecule has 0 atom stereocenters. The summed E-state index contributed by atoms with van der Waals surface area (Å²) >= 11 is 3.46. The molecule has 0 fully saturated rings. The van der Waals surface area contributed by atoms with Crippen molar-refractivity contribution < 1.29 is 9.32 Å². The molecule has 1 amide bonds. The molecule has 0 aliphatic carbocycles. The summed E-state index contributed by atoms with van der Waals surface area (Å²) in [5.74, 6) is 0.130. The lowest BCUT2D eigenvalue weighted by Gasteiger charge is -2.16. The van der Waals surface area contributed by atoms with Crippen LogP contribution in [0.15, 0.2) is 39.5 Å². The van der Waals surface area contributed by atoms with E-state index >= 15 is 0 Å². The van der Waals surface area contributed by atoms with E-state index in [0.29, 0.717) is 12.3 Å². The Morgan fingerprint density at radius 1 is 1.44 bits per heavy atom. The lowest BCUT2D eigenvalue weighted by atomic mass is 10.2. The minimum absolute atomic E-state index is 0.166. The zero-order valence-corrected chi connectivity index (χ0v) is 11.8. The largest absolute Gasteiger partial charge is 0.351 e. The maximum absolute atomic E-state index is 12.1. The second-order valence-corrected chi connectivity index (χ2v) is 4.94. The minimum Gasteiger partial charge on any atom is -0.351 e. The van der Waals surface area contributed by atoms with Gasteiger partial charge in [-0.2, -0.15) is 0 Å². The van der Waals surface area contributed by atoms with Gasteiger partial charge in [0.15, 0.2) is 0 Å².